The predicted octanol–water partition coefficient (Wildman–Crippen LogP) is 2.51. The summed E-state index contributed by atoms with van der Waals surface area (Å²) in [6.45, 7) is 5.82. The second kappa shape index (κ2) is 12.4. The van der Waals surface area contributed by atoms with Crippen LogP contribution >= 0.6 is 24.0 Å². The lowest BCUT2D eigenvalue weighted by atomic mass is 10.2. The molecule has 0 fully saturated rings. The largest absolute Gasteiger partial charge is 0.357 e. The molecule has 6 nitrogen and oxygen atoms in total. The zero-order valence-electron chi connectivity index (χ0n) is 15.9. The normalized spacial score (nSPS) is 12.0. The van der Waals surface area contributed by atoms with Crippen molar-refractivity contribution in [3.8, 4) is 0 Å². The maximum Gasteiger partial charge on any atom is 0.213 e. The van der Waals surface area contributed by atoms with Crippen molar-refractivity contribution in [2.45, 2.75) is 26.8 Å². The van der Waals surface area contributed by atoms with Crippen LogP contribution in [0.4, 0.5) is 4.39 Å². The summed E-state index contributed by atoms with van der Waals surface area (Å²) in [5.41, 5.74) is 0.863. The van der Waals surface area contributed by atoms with E-state index in [9.17, 15) is 12.8 Å². The van der Waals surface area contributed by atoms with Gasteiger partial charge in [0.05, 0.1) is 5.75 Å². The number of halogens is 2. The summed E-state index contributed by atoms with van der Waals surface area (Å²) in [5.74, 6) is 0.562. The Morgan fingerprint density at radius 1 is 1.27 bits per heavy atom. The number of nitrogens with one attached hydrogen (secondary N) is 1. The van der Waals surface area contributed by atoms with Crippen LogP contribution in [0.15, 0.2) is 29.3 Å². The van der Waals surface area contributed by atoms with Crippen LogP contribution in [0.5, 0.6) is 0 Å². The molecule has 0 atom stereocenters. The summed E-state index contributed by atoms with van der Waals surface area (Å²) >= 11 is 0. The number of hydrogen-bond donors (Lipinski definition) is 1. The first-order valence-electron chi connectivity index (χ1n) is 8.48. The van der Waals surface area contributed by atoms with E-state index < -0.39 is 10.0 Å². The van der Waals surface area contributed by atoms with E-state index in [-0.39, 0.29) is 35.5 Å². The highest BCUT2D eigenvalue weighted by Crippen LogP contribution is 2.06. The lowest BCUT2D eigenvalue weighted by molar-refractivity contribution is 0.458. The van der Waals surface area contributed by atoms with Crippen molar-refractivity contribution < 1.29 is 12.8 Å². The van der Waals surface area contributed by atoms with E-state index in [1.54, 1.807) is 20.0 Å². The lowest BCUT2D eigenvalue weighted by Gasteiger charge is -2.22. The average Bonchev–Trinajstić information content (AvgIpc) is 2.57. The van der Waals surface area contributed by atoms with Crippen molar-refractivity contribution in [3.63, 3.8) is 0 Å². The SMILES string of the molecule is CCNC(=NCCCN(C)S(=O)(=O)CC)N(C)Cc1cccc(F)c1.I. The first kappa shape index (κ1) is 25.1. The van der Waals surface area contributed by atoms with Gasteiger partial charge in [-0.25, -0.2) is 17.1 Å². The summed E-state index contributed by atoms with van der Waals surface area (Å²) in [7, 11) is 0.329. The topological polar surface area (TPSA) is 65.0 Å². The van der Waals surface area contributed by atoms with Gasteiger partial charge in [0.1, 0.15) is 5.82 Å². The Bertz CT molecular complexity index is 670. The zero-order valence-corrected chi connectivity index (χ0v) is 19.1. The zero-order chi connectivity index (χ0) is 18.9. The number of guanidine groups is 1. The van der Waals surface area contributed by atoms with Gasteiger partial charge in [-0.15, -0.1) is 24.0 Å². The summed E-state index contributed by atoms with van der Waals surface area (Å²) in [4.78, 5) is 6.45. The van der Waals surface area contributed by atoms with Crippen molar-refractivity contribution in [2.24, 2.45) is 4.99 Å². The van der Waals surface area contributed by atoms with Gasteiger partial charge in [-0.05, 0) is 38.0 Å². The van der Waals surface area contributed by atoms with Gasteiger partial charge in [0.25, 0.3) is 0 Å². The molecular formula is C17H30FIN4O2S. The minimum atomic E-state index is -3.15. The Balaban J connectivity index is 0.00000625. The molecule has 1 N–H and O–H groups in total. The van der Waals surface area contributed by atoms with E-state index in [0.29, 0.717) is 32.0 Å². The van der Waals surface area contributed by atoms with Crippen LogP contribution in [0, 0.1) is 5.82 Å². The Labute approximate surface area is 173 Å². The first-order chi connectivity index (χ1) is 11.8. The van der Waals surface area contributed by atoms with Crippen molar-refractivity contribution in [2.75, 3.05) is 39.5 Å². The Hall–Kier alpha value is -0.940. The van der Waals surface area contributed by atoms with E-state index in [1.165, 1.54) is 16.4 Å². The summed E-state index contributed by atoms with van der Waals surface area (Å²) < 4.78 is 38.1. The average molecular weight is 500 g/mol. The fourth-order valence-electron chi connectivity index (χ4n) is 2.29. The fourth-order valence-corrected chi connectivity index (χ4v) is 3.14. The van der Waals surface area contributed by atoms with Gasteiger partial charge in [0.2, 0.25) is 10.0 Å². The molecular weight excluding hydrogens is 470 g/mol. The van der Waals surface area contributed by atoms with Gasteiger partial charge in [-0.3, -0.25) is 4.99 Å². The number of benzene rings is 1. The second-order valence-corrected chi connectivity index (χ2v) is 8.16. The third-order valence-corrected chi connectivity index (χ3v) is 5.60. The summed E-state index contributed by atoms with van der Waals surface area (Å²) in [5, 5.41) is 3.20. The van der Waals surface area contributed by atoms with E-state index in [2.05, 4.69) is 10.3 Å². The van der Waals surface area contributed by atoms with Crippen LogP contribution in [0.3, 0.4) is 0 Å². The maximum absolute atomic E-state index is 13.3. The molecule has 0 saturated carbocycles. The lowest BCUT2D eigenvalue weighted by Crippen LogP contribution is -2.38. The molecule has 0 saturated heterocycles. The van der Waals surface area contributed by atoms with Crippen LogP contribution in [-0.2, 0) is 16.6 Å². The molecule has 9 heteroatoms. The third kappa shape index (κ3) is 8.63. The van der Waals surface area contributed by atoms with E-state index in [0.717, 1.165) is 12.1 Å². The molecule has 0 spiro atoms. The highest BCUT2D eigenvalue weighted by molar-refractivity contribution is 14.0. The molecule has 26 heavy (non-hydrogen) atoms. The molecule has 0 unspecified atom stereocenters. The Morgan fingerprint density at radius 3 is 2.54 bits per heavy atom. The van der Waals surface area contributed by atoms with Crippen molar-refractivity contribution >= 4 is 40.0 Å². The molecule has 0 amide bonds. The third-order valence-electron chi connectivity index (χ3n) is 3.74. The van der Waals surface area contributed by atoms with Crippen LogP contribution in [-0.4, -0.2) is 63.1 Å². The summed E-state index contributed by atoms with van der Waals surface area (Å²) in [6, 6.07) is 6.48. The fraction of sp³-hybridized carbons (Fsp3) is 0.588. The molecule has 0 aliphatic rings. The highest BCUT2D eigenvalue weighted by Gasteiger charge is 2.14. The maximum atomic E-state index is 13.3. The molecule has 1 aromatic rings. The van der Waals surface area contributed by atoms with Gasteiger partial charge < -0.3 is 10.2 Å². The molecule has 0 radical (unpaired) electrons. The quantitative estimate of drug-likeness (QED) is 0.245. The molecule has 1 rings (SSSR count). The van der Waals surface area contributed by atoms with Crippen molar-refractivity contribution in [1.82, 2.24) is 14.5 Å². The number of sulfonamides is 1. The summed E-state index contributed by atoms with van der Waals surface area (Å²) in [6.07, 6.45) is 0.637. The molecule has 150 valence electrons. The van der Waals surface area contributed by atoms with Gasteiger partial charge in [0.15, 0.2) is 5.96 Å². The van der Waals surface area contributed by atoms with Crippen LogP contribution < -0.4 is 5.32 Å². The molecule has 0 bridgehead atoms. The van der Waals surface area contributed by atoms with Crippen LogP contribution in [0.2, 0.25) is 0 Å². The molecule has 0 heterocycles. The number of hydrogen-bond acceptors (Lipinski definition) is 3. The standard InChI is InChI=1S/C17H29FN4O2S.HI/c1-5-19-17(20-11-8-12-22(4)25(23,24)6-2)21(3)14-15-9-7-10-16(18)13-15;/h7,9-10,13H,5-6,8,11-12,14H2,1-4H3,(H,19,20);1H. The predicted molar refractivity (Wildman–Crippen MR) is 116 cm³/mol. The van der Waals surface area contributed by atoms with Crippen LogP contribution in [0.1, 0.15) is 25.8 Å². The number of rotatable bonds is 9. The van der Waals surface area contributed by atoms with Gasteiger partial charge >= 0.3 is 0 Å². The van der Waals surface area contributed by atoms with Crippen molar-refractivity contribution in [3.05, 3.63) is 35.6 Å². The van der Waals surface area contributed by atoms with Crippen LogP contribution in [0.25, 0.3) is 0 Å². The number of nitrogens with zero attached hydrogens (tertiary/aromatic N) is 3. The molecule has 0 aliphatic carbocycles. The smallest absolute Gasteiger partial charge is 0.213 e. The van der Waals surface area contributed by atoms with Crippen molar-refractivity contribution in [1.29, 1.82) is 0 Å². The second-order valence-electron chi connectivity index (χ2n) is 5.80. The molecule has 0 aliphatic heterocycles. The van der Waals surface area contributed by atoms with Gasteiger partial charge in [-0.1, -0.05) is 12.1 Å². The molecule has 0 aromatic heterocycles. The number of aliphatic imine (C=N–C) groups is 1. The minimum Gasteiger partial charge on any atom is -0.357 e. The van der Waals surface area contributed by atoms with Gasteiger partial charge in [0, 0.05) is 40.3 Å². The highest BCUT2D eigenvalue weighted by atomic mass is 127. The Kier molecular flexibility index (Phi) is 12.0. The first-order valence-corrected chi connectivity index (χ1v) is 10.1. The van der Waals surface area contributed by atoms with E-state index in [4.69, 9.17) is 0 Å². The van der Waals surface area contributed by atoms with E-state index in [1.807, 2.05) is 24.9 Å². The minimum absolute atomic E-state index is 0. The Morgan fingerprint density at radius 2 is 1.96 bits per heavy atom. The molecule has 1 aromatic carbocycles. The van der Waals surface area contributed by atoms with E-state index >= 15 is 0 Å². The van der Waals surface area contributed by atoms with Gasteiger partial charge in [-0.2, -0.15) is 0 Å². The monoisotopic (exact) mass is 500 g/mol.